The van der Waals surface area contributed by atoms with E-state index in [0.717, 1.165) is 14.7 Å². The topological polar surface area (TPSA) is 144 Å². The van der Waals surface area contributed by atoms with E-state index in [0.29, 0.717) is 25.2 Å². The average molecular weight is 706 g/mol. The number of halogens is 1. The standard InChI is InChI=1S/C29H25BrN2O8S3/c1-13(33)37-12-19-24(38-14(2)34)25(39-15(3)35)28(40-19)43-29-21(27-32-18-6-4-5-7-20(18)41-27)22(31)26(42-29)23(36)16-8-10-17(30)11-9-16/h4-11,19,24-25,28H,12,31H2,1-3H3/t19-,24-,25+,28?/m1/s1. The van der Waals surface area contributed by atoms with Crippen molar-refractivity contribution < 1.29 is 38.1 Å². The highest BCUT2D eigenvalue weighted by molar-refractivity contribution is 9.10. The van der Waals surface area contributed by atoms with Gasteiger partial charge in [0.1, 0.15) is 23.2 Å². The summed E-state index contributed by atoms with van der Waals surface area (Å²) >= 11 is 7.15. The molecule has 0 amide bonds. The first-order chi connectivity index (χ1) is 20.5. The van der Waals surface area contributed by atoms with E-state index in [4.69, 9.17) is 29.7 Å². The zero-order chi connectivity index (χ0) is 30.8. The van der Waals surface area contributed by atoms with E-state index < -0.39 is 41.7 Å². The van der Waals surface area contributed by atoms with Crippen LogP contribution >= 0.6 is 50.4 Å². The van der Waals surface area contributed by atoms with E-state index in [1.165, 1.54) is 55.2 Å². The van der Waals surface area contributed by atoms with E-state index >= 15 is 0 Å². The largest absolute Gasteiger partial charge is 0.463 e. The molecule has 3 heterocycles. The summed E-state index contributed by atoms with van der Waals surface area (Å²) in [7, 11) is 0. The van der Waals surface area contributed by atoms with Gasteiger partial charge in [0.2, 0.25) is 5.78 Å². The molecule has 14 heteroatoms. The lowest BCUT2D eigenvalue weighted by Crippen LogP contribution is -2.40. The molecule has 5 rings (SSSR count). The number of ketones is 1. The van der Waals surface area contributed by atoms with Gasteiger partial charge in [-0.3, -0.25) is 19.2 Å². The van der Waals surface area contributed by atoms with Gasteiger partial charge in [-0.15, -0.1) is 22.7 Å². The van der Waals surface area contributed by atoms with Crippen molar-refractivity contribution >= 4 is 90.0 Å². The third-order valence-corrected chi connectivity index (χ3v) is 10.4. The molecule has 224 valence electrons. The van der Waals surface area contributed by atoms with Crippen molar-refractivity contribution in [3.63, 3.8) is 0 Å². The molecule has 1 saturated heterocycles. The number of carbonyl (C=O) groups is 4. The number of nitrogens with zero attached hydrogens (tertiary/aromatic N) is 1. The molecule has 0 radical (unpaired) electrons. The number of para-hydroxylation sites is 1. The Morgan fingerprint density at radius 2 is 1.63 bits per heavy atom. The molecule has 1 aliphatic rings. The maximum atomic E-state index is 13.7. The number of anilines is 1. The number of thiazole rings is 1. The van der Waals surface area contributed by atoms with Gasteiger partial charge in [0.15, 0.2) is 12.2 Å². The summed E-state index contributed by atoms with van der Waals surface area (Å²) in [4.78, 5) is 54.4. The Labute approximate surface area is 267 Å². The molecule has 1 unspecified atom stereocenters. The van der Waals surface area contributed by atoms with Crippen LogP contribution in [0.4, 0.5) is 5.69 Å². The fourth-order valence-corrected chi connectivity index (χ4v) is 8.61. The van der Waals surface area contributed by atoms with Crippen LogP contribution < -0.4 is 5.73 Å². The van der Waals surface area contributed by atoms with Gasteiger partial charge < -0.3 is 24.7 Å². The lowest BCUT2D eigenvalue weighted by atomic mass is 10.1. The summed E-state index contributed by atoms with van der Waals surface area (Å²) in [5.74, 6) is -2.06. The van der Waals surface area contributed by atoms with Crippen molar-refractivity contribution in [2.75, 3.05) is 12.3 Å². The number of benzene rings is 2. The van der Waals surface area contributed by atoms with Crippen LogP contribution in [0.5, 0.6) is 0 Å². The van der Waals surface area contributed by atoms with Gasteiger partial charge in [-0.05, 0) is 36.4 Å². The predicted octanol–water partition coefficient (Wildman–Crippen LogP) is 5.84. The number of aromatic nitrogens is 1. The summed E-state index contributed by atoms with van der Waals surface area (Å²) in [5, 5.41) is 0.599. The minimum atomic E-state index is -1.05. The Bertz CT molecular complexity index is 1670. The molecule has 0 aliphatic carbocycles. The van der Waals surface area contributed by atoms with Crippen LogP contribution in [0, 0.1) is 0 Å². The normalized spacial score (nSPS) is 19.7. The molecule has 0 bridgehead atoms. The van der Waals surface area contributed by atoms with Crippen LogP contribution in [0.15, 0.2) is 57.2 Å². The predicted molar refractivity (Wildman–Crippen MR) is 167 cm³/mol. The van der Waals surface area contributed by atoms with E-state index in [9.17, 15) is 19.2 Å². The highest BCUT2D eigenvalue weighted by Gasteiger charge is 2.50. The van der Waals surface area contributed by atoms with Crippen LogP contribution in [-0.2, 0) is 33.3 Å². The third-order valence-electron chi connectivity index (χ3n) is 6.28. The number of ether oxygens (including phenoxy) is 4. The maximum absolute atomic E-state index is 13.7. The number of hydrogen-bond acceptors (Lipinski definition) is 13. The van der Waals surface area contributed by atoms with E-state index in [1.54, 1.807) is 24.3 Å². The second-order valence-electron chi connectivity index (χ2n) is 9.44. The number of carbonyl (C=O) groups excluding carboxylic acids is 4. The molecule has 4 atom stereocenters. The van der Waals surface area contributed by atoms with Gasteiger partial charge in [0.05, 0.1) is 30.6 Å². The van der Waals surface area contributed by atoms with Crippen molar-refractivity contribution in [3.05, 3.63) is 63.4 Å². The van der Waals surface area contributed by atoms with Gasteiger partial charge in [-0.2, -0.15) is 0 Å². The van der Waals surface area contributed by atoms with E-state index in [1.807, 2.05) is 24.3 Å². The molecule has 4 aromatic rings. The van der Waals surface area contributed by atoms with Crippen LogP contribution in [0.1, 0.15) is 36.0 Å². The van der Waals surface area contributed by atoms with Gasteiger partial charge in [-0.1, -0.05) is 39.8 Å². The molecule has 1 aliphatic heterocycles. The van der Waals surface area contributed by atoms with Gasteiger partial charge in [0.25, 0.3) is 0 Å². The monoisotopic (exact) mass is 704 g/mol. The van der Waals surface area contributed by atoms with Crippen molar-refractivity contribution in [1.29, 1.82) is 0 Å². The zero-order valence-electron chi connectivity index (χ0n) is 23.0. The van der Waals surface area contributed by atoms with E-state index in [2.05, 4.69) is 15.9 Å². The highest BCUT2D eigenvalue weighted by Crippen LogP contribution is 2.50. The fourth-order valence-electron chi connectivity index (χ4n) is 4.46. The first-order valence-electron chi connectivity index (χ1n) is 12.9. The summed E-state index contributed by atoms with van der Waals surface area (Å²) in [5.41, 5.74) is 7.83. The Morgan fingerprint density at radius 1 is 0.953 bits per heavy atom. The first kappa shape index (κ1) is 31.1. The van der Waals surface area contributed by atoms with Crippen LogP contribution in [0.25, 0.3) is 20.8 Å². The number of thioether (sulfide) groups is 1. The summed E-state index contributed by atoms with van der Waals surface area (Å²) < 4.78 is 24.8. The number of hydrogen-bond donors (Lipinski definition) is 1. The van der Waals surface area contributed by atoms with Gasteiger partial charge in [-0.25, -0.2) is 4.98 Å². The minimum Gasteiger partial charge on any atom is -0.463 e. The summed E-state index contributed by atoms with van der Waals surface area (Å²) in [6, 6.07) is 14.6. The SMILES string of the molecule is CC(=O)OC[C@H]1OC(Sc2sc(C(=O)c3ccc(Br)cc3)c(N)c2-c2nc3ccccc3s2)[C@@H](OC(C)=O)[C@@H]1OC(C)=O. The molecule has 0 spiro atoms. The molecule has 2 N–H and O–H groups in total. The van der Waals surface area contributed by atoms with Crippen molar-refractivity contribution in [2.24, 2.45) is 0 Å². The number of esters is 3. The second-order valence-corrected chi connectivity index (χ2v) is 13.8. The molecule has 2 aromatic carbocycles. The summed E-state index contributed by atoms with van der Waals surface area (Å²) in [6.45, 7) is 3.47. The second kappa shape index (κ2) is 13.1. The number of thiophene rings is 1. The van der Waals surface area contributed by atoms with Crippen molar-refractivity contribution in [1.82, 2.24) is 4.98 Å². The minimum absolute atomic E-state index is 0.229. The van der Waals surface area contributed by atoms with Crippen molar-refractivity contribution in [3.8, 4) is 10.6 Å². The van der Waals surface area contributed by atoms with Crippen LogP contribution in [0.3, 0.4) is 0 Å². The van der Waals surface area contributed by atoms with E-state index in [-0.39, 0.29) is 18.1 Å². The Hall–Kier alpha value is -3.30. The quantitative estimate of drug-likeness (QED) is 0.127. The van der Waals surface area contributed by atoms with Crippen molar-refractivity contribution in [2.45, 2.75) is 48.7 Å². The third kappa shape index (κ3) is 6.93. The van der Waals surface area contributed by atoms with Crippen LogP contribution in [-0.4, -0.2) is 59.0 Å². The number of nitrogens with two attached hydrogens (primary N) is 1. The molecule has 2 aromatic heterocycles. The summed E-state index contributed by atoms with van der Waals surface area (Å²) in [6.07, 6.45) is -3.02. The lowest BCUT2D eigenvalue weighted by Gasteiger charge is -2.23. The highest BCUT2D eigenvalue weighted by atomic mass is 79.9. The van der Waals surface area contributed by atoms with Crippen LogP contribution in [0.2, 0.25) is 0 Å². The van der Waals surface area contributed by atoms with Gasteiger partial charge in [0, 0.05) is 30.8 Å². The Balaban J connectivity index is 1.58. The first-order valence-corrected chi connectivity index (χ1v) is 16.2. The number of fused-ring (bicyclic) bond motifs is 1. The molecule has 0 saturated carbocycles. The lowest BCUT2D eigenvalue weighted by molar-refractivity contribution is -0.165. The smallest absolute Gasteiger partial charge is 0.303 e. The molecule has 43 heavy (non-hydrogen) atoms. The maximum Gasteiger partial charge on any atom is 0.303 e. The number of nitrogen functional groups attached to an aromatic ring is 1. The zero-order valence-corrected chi connectivity index (χ0v) is 27.1. The fraction of sp³-hybridized carbons (Fsp3) is 0.276. The Morgan fingerprint density at radius 3 is 2.28 bits per heavy atom. The molecular formula is C29H25BrN2O8S3. The number of rotatable bonds is 9. The molecule has 1 fully saturated rings. The van der Waals surface area contributed by atoms with Gasteiger partial charge >= 0.3 is 17.9 Å². The Kier molecular flexibility index (Phi) is 9.51. The average Bonchev–Trinajstić information content (AvgIpc) is 3.61. The molecule has 10 nitrogen and oxygen atoms in total. The molecular weight excluding hydrogens is 680 g/mol.